The number of carbonyl (C=O) groups excluding carboxylic acids is 2. The molecule has 0 aromatic heterocycles. The summed E-state index contributed by atoms with van der Waals surface area (Å²) in [6.07, 6.45) is 1.04. The molecule has 4 rings (SSSR count). The topological polar surface area (TPSA) is 66.8 Å². The van der Waals surface area contributed by atoms with Crippen LogP contribution in [0.1, 0.15) is 19.8 Å². The predicted molar refractivity (Wildman–Crippen MR) is 79.3 cm³/mol. The Morgan fingerprint density at radius 1 is 1.14 bits per heavy atom. The van der Waals surface area contributed by atoms with Crippen LogP contribution in [0, 0.1) is 23.7 Å². The Bertz CT molecular complexity index is 626. The number of aliphatic hydroxyl groups is 1. The summed E-state index contributed by atoms with van der Waals surface area (Å²) in [7, 11) is 0. The Morgan fingerprint density at radius 3 is 2.50 bits per heavy atom. The SMILES string of the molecule is CCOc1ccc(N2C(=O)C3C4CC(O)C(C4)C3C2=O)cc1. The molecule has 2 amide bonds. The Labute approximate surface area is 128 Å². The number of rotatable bonds is 3. The van der Waals surface area contributed by atoms with E-state index in [-0.39, 0.29) is 35.5 Å². The summed E-state index contributed by atoms with van der Waals surface area (Å²) in [6, 6.07) is 7.05. The molecular formula is C17H19NO4. The first kappa shape index (κ1) is 13.8. The molecule has 0 spiro atoms. The zero-order chi connectivity index (χ0) is 15.4. The maximum atomic E-state index is 12.7. The lowest BCUT2D eigenvalue weighted by Crippen LogP contribution is -2.34. The van der Waals surface area contributed by atoms with E-state index in [2.05, 4.69) is 0 Å². The fourth-order valence-electron chi connectivity index (χ4n) is 4.54. The molecule has 1 N–H and O–H groups in total. The average molecular weight is 301 g/mol. The molecule has 1 saturated heterocycles. The third-order valence-electron chi connectivity index (χ3n) is 5.39. The van der Waals surface area contributed by atoms with Gasteiger partial charge in [-0.15, -0.1) is 0 Å². The van der Waals surface area contributed by atoms with E-state index in [0.29, 0.717) is 18.7 Å². The van der Waals surface area contributed by atoms with Crippen molar-refractivity contribution in [2.45, 2.75) is 25.9 Å². The van der Waals surface area contributed by atoms with Crippen LogP contribution in [0.15, 0.2) is 24.3 Å². The molecule has 1 aliphatic heterocycles. The lowest BCUT2D eigenvalue weighted by Gasteiger charge is -2.24. The van der Waals surface area contributed by atoms with Crippen LogP contribution < -0.4 is 9.64 Å². The second-order valence-corrected chi connectivity index (χ2v) is 6.45. The number of carbonyl (C=O) groups is 2. The molecule has 22 heavy (non-hydrogen) atoms. The molecule has 5 unspecified atom stereocenters. The highest BCUT2D eigenvalue weighted by Crippen LogP contribution is 2.56. The van der Waals surface area contributed by atoms with E-state index >= 15 is 0 Å². The Hall–Kier alpha value is -1.88. The molecule has 5 nitrogen and oxygen atoms in total. The Kier molecular flexibility index (Phi) is 3.01. The second-order valence-electron chi connectivity index (χ2n) is 6.45. The lowest BCUT2D eigenvalue weighted by molar-refractivity contribution is -0.123. The minimum absolute atomic E-state index is 0.0425. The molecule has 5 atom stereocenters. The van der Waals surface area contributed by atoms with Crippen LogP contribution in [-0.4, -0.2) is 29.6 Å². The normalized spacial score (nSPS) is 36.1. The molecule has 1 heterocycles. The number of imide groups is 1. The van der Waals surface area contributed by atoms with Gasteiger partial charge in [-0.05, 0) is 55.9 Å². The van der Waals surface area contributed by atoms with Crippen molar-refractivity contribution in [1.29, 1.82) is 0 Å². The molecule has 0 radical (unpaired) electrons. The number of aliphatic hydroxyl groups excluding tert-OH is 1. The highest BCUT2D eigenvalue weighted by atomic mass is 16.5. The molecular weight excluding hydrogens is 282 g/mol. The highest BCUT2D eigenvalue weighted by Gasteiger charge is 2.63. The molecule has 1 aromatic carbocycles. The van der Waals surface area contributed by atoms with Gasteiger partial charge >= 0.3 is 0 Å². The van der Waals surface area contributed by atoms with Gasteiger partial charge in [0.25, 0.3) is 0 Å². The standard InChI is InChI=1S/C17H19NO4/c1-2-22-11-5-3-10(4-6-11)18-16(20)14-9-7-12(13(19)8-9)15(14)17(18)21/h3-6,9,12-15,19H,2,7-8H2,1H3. The summed E-state index contributed by atoms with van der Waals surface area (Å²) < 4.78 is 5.39. The van der Waals surface area contributed by atoms with Crippen molar-refractivity contribution in [2.24, 2.45) is 23.7 Å². The predicted octanol–water partition coefficient (Wildman–Crippen LogP) is 1.59. The largest absolute Gasteiger partial charge is 0.494 e. The van der Waals surface area contributed by atoms with E-state index in [9.17, 15) is 14.7 Å². The molecule has 2 aliphatic carbocycles. The number of hydrogen-bond donors (Lipinski definition) is 1. The van der Waals surface area contributed by atoms with Crippen LogP contribution >= 0.6 is 0 Å². The number of anilines is 1. The van der Waals surface area contributed by atoms with Crippen molar-refractivity contribution in [3.8, 4) is 5.75 Å². The minimum Gasteiger partial charge on any atom is -0.494 e. The van der Waals surface area contributed by atoms with Gasteiger partial charge in [0.15, 0.2) is 0 Å². The van der Waals surface area contributed by atoms with Gasteiger partial charge in [0.2, 0.25) is 11.8 Å². The number of hydrogen-bond acceptors (Lipinski definition) is 4. The van der Waals surface area contributed by atoms with E-state index in [1.54, 1.807) is 24.3 Å². The summed E-state index contributed by atoms with van der Waals surface area (Å²) in [6.45, 7) is 2.48. The first-order valence-electron chi connectivity index (χ1n) is 7.90. The number of ether oxygens (including phenoxy) is 1. The van der Waals surface area contributed by atoms with E-state index < -0.39 is 6.10 Å². The van der Waals surface area contributed by atoms with Gasteiger partial charge in [0.05, 0.1) is 30.2 Å². The van der Waals surface area contributed by atoms with Gasteiger partial charge in [-0.25, -0.2) is 0 Å². The van der Waals surface area contributed by atoms with Crippen LogP contribution in [0.25, 0.3) is 0 Å². The van der Waals surface area contributed by atoms with Crippen LogP contribution in [0.3, 0.4) is 0 Å². The van der Waals surface area contributed by atoms with E-state index in [0.717, 1.165) is 12.2 Å². The molecule has 1 aromatic rings. The van der Waals surface area contributed by atoms with Gasteiger partial charge < -0.3 is 9.84 Å². The van der Waals surface area contributed by atoms with Crippen LogP contribution in [0.5, 0.6) is 5.75 Å². The fraction of sp³-hybridized carbons (Fsp3) is 0.529. The maximum absolute atomic E-state index is 12.7. The van der Waals surface area contributed by atoms with Gasteiger partial charge in [-0.1, -0.05) is 0 Å². The Balaban J connectivity index is 1.64. The number of nitrogens with zero attached hydrogens (tertiary/aromatic N) is 1. The first-order valence-corrected chi connectivity index (χ1v) is 7.90. The van der Waals surface area contributed by atoms with E-state index in [4.69, 9.17) is 4.74 Å². The van der Waals surface area contributed by atoms with Crippen molar-refractivity contribution in [3.63, 3.8) is 0 Å². The maximum Gasteiger partial charge on any atom is 0.238 e. The Morgan fingerprint density at radius 2 is 1.82 bits per heavy atom. The minimum atomic E-state index is -0.428. The quantitative estimate of drug-likeness (QED) is 0.861. The second kappa shape index (κ2) is 4.81. The van der Waals surface area contributed by atoms with Gasteiger partial charge in [0, 0.05) is 0 Å². The molecule has 5 heteroatoms. The lowest BCUT2D eigenvalue weighted by atomic mass is 9.80. The summed E-state index contributed by atoms with van der Waals surface area (Å²) in [4.78, 5) is 26.7. The van der Waals surface area contributed by atoms with Crippen molar-refractivity contribution in [3.05, 3.63) is 24.3 Å². The monoisotopic (exact) mass is 301 g/mol. The number of fused-ring (bicyclic) bond motifs is 5. The van der Waals surface area contributed by atoms with E-state index in [1.807, 2.05) is 6.92 Å². The summed E-state index contributed by atoms with van der Waals surface area (Å²) in [5, 5.41) is 10.0. The van der Waals surface area contributed by atoms with Gasteiger partial charge in [0.1, 0.15) is 5.75 Å². The molecule has 2 saturated carbocycles. The summed E-state index contributed by atoms with van der Waals surface area (Å²) in [5.74, 6) is 0.0404. The fourth-order valence-corrected chi connectivity index (χ4v) is 4.54. The molecule has 3 aliphatic rings. The molecule has 2 bridgehead atoms. The third kappa shape index (κ3) is 1.75. The summed E-state index contributed by atoms with van der Waals surface area (Å²) >= 11 is 0. The number of benzene rings is 1. The van der Waals surface area contributed by atoms with Crippen LogP contribution in [-0.2, 0) is 9.59 Å². The smallest absolute Gasteiger partial charge is 0.238 e. The summed E-state index contributed by atoms with van der Waals surface area (Å²) in [5.41, 5.74) is 0.599. The van der Waals surface area contributed by atoms with Crippen LogP contribution in [0.2, 0.25) is 0 Å². The van der Waals surface area contributed by atoms with Crippen molar-refractivity contribution in [1.82, 2.24) is 0 Å². The molecule has 116 valence electrons. The third-order valence-corrected chi connectivity index (χ3v) is 5.39. The zero-order valence-corrected chi connectivity index (χ0v) is 12.4. The number of amides is 2. The zero-order valence-electron chi connectivity index (χ0n) is 12.4. The van der Waals surface area contributed by atoms with Crippen molar-refractivity contribution in [2.75, 3.05) is 11.5 Å². The van der Waals surface area contributed by atoms with Gasteiger partial charge in [-0.2, -0.15) is 0 Å². The van der Waals surface area contributed by atoms with Crippen LogP contribution in [0.4, 0.5) is 5.69 Å². The van der Waals surface area contributed by atoms with E-state index in [1.165, 1.54) is 4.90 Å². The van der Waals surface area contributed by atoms with Crippen molar-refractivity contribution >= 4 is 17.5 Å². The average Bonchev–Trinajstić information content (AvgIpc) is 3.12. The molecule has 3 fully saturated rings. The first-order chi connectivity index (χ1) is 10.6. The van der Waals surface area contributed by atoms with Gasteiger partial charge in [-0.3, -0.25) is 14.5 Å². The van der Waals surface area contributed by atoms with Crippen molar-refractivity contribution < 1.29 is 19.4 Å². The highest BCUT2D eigenvalue weighted by molar-refractivity contribution is 6.22.